The molecule has 34 heavy (non-hydrogen) atoms. The normalized spacial score (nSPS) is 15.2. The monoisotopic (exact) mass is 483 g/mol. The highest BCUT2D eigenvalue weighted by Gasteiger charge is 2.32. The van der Waals surface area contributed by atoms with Gasteiger partial charge in [0.2, 0.25) is 10.0 Å². The summed E-state index contributed by atoms with van der Waals surface area (Å²) in [5, 5.41) is 5.08. The van der Waals surface area contributed by atoms with E-state index in [9.17, 15) is 17.6 Å². The molecular formula is C23H22FN5O4S. The summed E-state index contributed by atoms with van der Waals surface area (Å²) in [6.45, 7) is 2.53. The van der Waals surface area contributed by atoms with Crippen molar-refractivity contribution in [1.29, 1.82) is 0 Å². The van der Waals surface area contributed by atoms with Crippen molar-refractivity contribution in [3.8, 4) is 11.5 Å². The van der Waals surface area contributed by atoms with E-state index < -0.39 is 15.8 Å². The fourth-order valence-corrected chi connectivity index (χ4v) is 5.64. The Labute approximate surface area is 195 Å². The van der Waals surface area contributed by atoms with E-state index in [1.165, 1.54) is 22.7 Å². The van der Waals surface area contributed by atoms with Gasteiger partial charge in [-0.15, -0.1) is 0 Å². The summed E-state index contributed by atoms with van der Waals surface area (Å²) in [6.07, 6.45) is 1.54. The first kappa shape index (κ1) is 22.2. The number of halogens is 1. The molecule has 0 unspecified atom stereocenters. The number of sulfonamides is 1. The summed E-state index contributed by atoms with van der Waals surface area (Å²) in [5.74, 6) is -0.196. The molecule has 1 aliphatic heterocycles. The van der Waals surface area contributed by atoms with Crippen LogP contribution < -0.4 is 0 Å². The largest absolute Gasteiger partial charge is 0.463 e. The predicted octanol–water partition coefficient (Wildman–Crippen LogP) is 2.82. The Balaban J connectivity index is 1.43. The van der Waals surface area contributed by atoms with Crippen molar-refractivity contribution < 1.29 is 22.0 Å². The number of pyridine rings is 1. The van der Waals surface area contributed by atoms with Crippen molar-refractivity contribution in [1.82, 2.24) is 24.0 Å². The molecule has 1 amide bonds. The smallest absolute Gasteiger partial charge is 0.254 e. The highest BCUT2D eigenvalue weighted by Crippen LogP contribution is 2.28. The molecule has 1 fully saturated rings. The number of amides is 1. The molecule has 4 aromatic rings. The lowest BCUT2D eigenvalue weighted by atomic mass is 10.1. The van der Waals surface area contributed by atoms with Crippen LogP contribution in [0.1, 0.15) is 16.1 Å². The minimum atomic E-state index is -3.77. The number of aromatic nitrogens is 3. The van der Waals surface area contributed by atoms with Crippen molar-refractivity contribution in [3.63, 3.8) is 0 Å². The number of rotatable bonds is 4. The van der Waals surface area contributed by atoms with Crippen LogP contribution in [0.25, 0.3) is 22.5 Å². The van der Waals surface area contributed by atoms with Gasteiger partial charge in [-0.1, -0.05) is 0 Å². The number of nitrogens with zero attached hydrogens (tertiary/aromatic N) is 5. The highest BCUT2D eigenvalue weighted by atomic mass is 32.2. The van der Waals surface area contributed by atoms with Crippen molar-refractivity contribution in [3.05, 3.63) is 65.8 Å². The zero-order valence-electron chi connectivity index (χ0n) is 18.6. The number of piperazine rings is 1. The molecule has 0 radical (unpaired) electrons. The van der Waals surface area contributed by atoms with Crippen LogP contribution in [0.15, 0.2) is 58.0 Å². The van der Waals surface area contributed by atoms with E-state index in [-0.39, 0.29) is 37.0 Å². The van der Waals surface area contributed by atoms with E-state index in [1.807, 2.05) is 6.92 Å². The predicted molar refractivity (Wildman–Crippen MR) is 122 cm³/mol. The van der Waals surface area contributed by atoms with Crippen LogP contribution in [-0.2, 0) is 17.1 Å². The second kappa shape index (κ2) is 8.33. The summed E-state index contributed by atoms with van der Waals surface area (Å²) >= 11 is 0. The van der Waals surface area contributed by atoms with E-state index >= 15 is 0 Å². The number of hydrogen-bond donors (Lipinski definition) is 0. The Morgan fingerprint density at radius 2 is 1.79 bits per heavy atom. The molecule has 11 heteroatoms. The third-order valence-electron chi connectivity index (χ3n) is 5.95. The molecule has 0 aliphatic carbocycles. The Morgan fingerprint density at radius 3 is 2.44 bits per heavy atom. The molecule has 0 spiro atoms. The molecular weight excluding hydrogens is 461 g/mol. The fourth-order valence-electron chi connectivity index (χ4n) is 4.22. The molecule has 0 bridgehead atoms. The van der Waals surface area contributed by atoms with Gasteiger partial charge < -0.3 is 9.32 Å². The first-order valence-electron chi connectivity index (χ1n) is 10.7. The van der Waals surface area contributed by atoms with E-state index in [4.69, 9.17) is 4.42 Å². The molecule has 1 aromatic carbocycles. The molecule has 176 valence electrons. The van der Waals surface area contributed by atoms with E-state index in [2.05, 4.69) is 10.1 Å². The van der Waals surface area contributed by atoms with Gasteiger partial charge in [0.15, 0.2) is 11.4 Å². The lowest BCUT2D eigenvalue weighted by Crippen LogP contribution is -2.50. The number of carbonyl (C=O) groups excluding carboxylic acids is 1. The van der Waals surface area contributed by atoms with E-state index in [0.29, 0.717) is 33.7 Å². The molecule has 3 aromatic heterocycles. The number of furan rings is 1. The van der Waals surface area contributed by atoms with E-state index in [0.717, 1.165) is 12.1 Å². The van der Waals surface area contributed by atoms with Gasteiger partial charge in [-0.05, 0) is 49.4 Å². The van der Waals surface area contributed by atoms with Crippen LogP contribution in [0, 0.1) is 12.7 Å². The zero-order valence-corrected chi connectivity index (χ0v) is 19.4. The van der Waals surface area contributed by atoms with Crippen LogP contribution >= 0.6 is 0 Å². The minimum absolute atomic E-state index is 0.0265. The first-order chi connectivity index (χ1) is 16.3. The topological polar surface area (TPSA) is 102 Å². The average molecular weight is 484 g/mol. The molecule has 0 atom stereocenters. The van der Waals surface area contributed by atoms with Gasteiger partial charge in [-0.25, -0.2) is 17.8 Å². The van der Waals surface area contributed by atoms with E-state index in [1.54, 1.807) is 34.8 Å². The quantitative estimate of drug-likeness (QED) is 0.442. The van der Waals surface area contributed by atoms with Gasteiger partial charge >= 0.3 is 0 Å². The third-order valence-corrected chi connectivity index (χ3v) is 7.86. The van der Waals surface area contributed by atoms with Gasteiger partial charge in [0, 0.05) is 33.2 Å². The molecule has 5 rings (SSSR count). The molecule has 0 saturated carbocycles. The number of benzene rings is 1. The molecule has 1 saturated heterocycles. The van der Waals surface area contributed by atoms with Gasteiger partial charge in [-0.3, -0.25) is 9.48 Å². The number of aryl methyl sites for hydroxylation is 2. The van der Waals surface area contributed by atoms with Crippen LogP contribution in [0.5, 0.6) is 0 Å². The summed E-state index contributed by atoms with van der Waals surface area (Å²) in [6, 6.07) is 9.94. The second-order valence-corrected chi connectivity index (χ2v) is 10.0. The lowest BCUT2D eigenvalue weighted by Gasteiger charge is -2.34. The Hall–Kier alpha value is -3.57. The Bertz CT molecular complexity index is 1470. The summed E-state index contributed by atoms with van der Waals surface area (Å²) in [5.41, 5.74) is 2.20. The van der Waals surface area contributed by atoms with Crippen LogP contribution in [0.2, 0.25) is 0 Å². The number of fused-ring (bicyclic) bond motifs is 1. The number of hydrogen-bond acceptors (Lipinski definition) is 6. The Morgan fingerprint density at radius 1 is 1.09 bits per heavy atom. The fraction of sp³-hybridized carbons (Fsp3) is 0.261. The lowest BCUT2D eigenvalue weighted by molar-refractivity contribution is 0.0700. The summed E-state index contributed by atoms with van der Waals surface area (Å²) < 4.78 is 47.5. The van der Waals surface area contributed by atoms with Crippen LogP contribution in [0.3, 0.4) is 0 Å². The van der Waals surface area contributed by atoms with Gasteiger partial charge in [-0.2, -0.15) is 9.40 Å². The molecule has 9 nitrogen and oxygen atoms in total. The second-order valence-electron chi connectivity index (χ2n) is 8.09. The minimum Gasteiger partial charge on any atom is -0.463 e. The summed E-state index contributed by atoms with van der Waals surface area (Å²) in [7, 11) is -2.01. The molecule has 0 N–H and O–H groups in total. The maximum atomic E-state index is 13.6. The van der Waals surface area contributed by atoms with Gasteiger partial charge in [0.05, 0.1) is 27.8 Å². The SMILES string of the molecule is Cc1nn(C)c2nc(-c3ccco3)cc(C(=O)N3CCN(S(=O)(=O)c4ccc(F)cc4)CC3)c12. The maximum Gasteiger partial charge on any atom is 0.254 e. The van der Waals surface area contributed by atoms with Crippen molar-refractivity contribution in [2.45, 2.75) is 11.8 Å². The van der Waals surface area contributed by atoms with Crippen molar-refractivity contribution in [2.75, 3.05) is 26.2 Å². The molecule has 1 aliphatic rings. The van der Waals surface area contributed by atoms with Gasteiger partial charge in [0.1, 0.15) is 11.5 Å². The standard InChI is InChI=1S/C23H22FN5O4S/c1-15-21-18(14-19(20-4-3-13-33-20)25-22(21)27(2)26-15)23(30)28-9-11-29(12-10-28)34(31,32)17-7-5-16(24)6-8-17/h3-8,13-14H,9-12H2,1-2H3. The average Bonchev–Trinajstić information content (AvgIpc) is 3.47. The summed E-state index contributed by atoms with van der Waals surface area (Å²) in [4.78, 5) is 19.9. The number of carbonyl (C=O) groups is 1. The molecule has 4 heterocycles. The van der Waals surface area contributed by atoms with Crippen LogP contribution in [-0.4, -0.2) is 64.5 Å². The van der Waals surface area contributed by atoms with Crippen molar-refractivity contribution >= 4 is 27.0 Å². The highest BCUT2D eigenvalue weighted by molar-refractivity contribution is 7.89. The van der Waals surface area contributed by atoms with Crippen LogP contribution in [0.4, 0.5) is 4.39 Å². The third kappa shape index (κ3) is 3.76. The Kier molecular flexibility index (Phi) is 5.45. The zero-order chi connectivity index (χ0) is 24.0. The van der Waals surface area contributed by atoms with Crippen molar-refractivity contribution in [2.24, 2.45) is 7.05 Å². The maximum absolute atomic E-state index is 13.6. The first-order valence-corrected chi connectivity index (χ1v) is 12.1. The van der Waals surface area contributed by atoms with Gasteiger partial charge in [0.25, 0.3) is 5.91 Å².